The Morgan fingerprint density at radius 1 is 0.824 bits per heavy atom. The van der Waals surface area contributed by atoms with Crippen molar-refractivity contribution in [1.82, 2.24) is 5.32 Å². The first kappa shape index (κ1) is 26.3. The van der Waals surface area contributed by atoms with Crippen molar-refractivity contribution in [3.05, 3.63) is 42.0 Å². The molecule has 2 rings (SSSR count). The zero-order chi connectivity index (χ0) is 25.3. The van der Waals surface area contributed by atoms with E-state index in [1.807, 2.05) is 0 Å². The van der Waals surface area contributed by atoms with Crippen molar-refractivity contribution >= 4 is 29.3 Å². The molecule has 0 fully saturated rings. The molecule has 0 saturated carbocycles. The zero-order valence-electron chi connectivity index (χ0n) is 20.2. The van der Waals surface area contributed by atoms with Crippen LogP contribution in [0.1, 0.15) is 37.6 Å². The van der Waals surface area contributed by atoms with Gasteiger partial charge in [-0.1, -0.05) is 0 Å². The first-order valence-electron chi connectivity index (χ1n) is 10.5. The molecular formula is C24H31N3O7. The minimum absolute atomic E-state index is 0.0822. The average molecular weight is 474 g/mol. The zero-order valence-corrected chi connectivity index (χ0v) is 20.2. The molecule has 34 heavy (non-hydrogen) atoms. The molecule has 184 valence electrons. The maximum atomic E-state index is 12.7. The fourth-order valence-corrected chi connectivity index (χ4v) is 2.87. The van der Waals surface area contributed by atoms with E-state index >= 15 is 0 Å². The molecule has 0 spiro atoms. The Kier molecular flexibility index (Phi) is 9.11. The second-order valence-corrected chi connectivity index (χ2v) is 8.17. The van der Waals surface area contributed by atoms with Crippen LogP contribution in [-0.2, 0) is 9.53 Å². The number of nitrogens with one attached hydrogen (secondary N) is 3. The van der Waals surface area contributed by atoms with E-state index in [2.05, 4.69) is 16.0 Å². The van der Waals surface area contributed by atoms with E-state index in [-0.39, 0.29) is 24.8 Å². The topological polar surface area (TPSA) is 124 Å². The van der Waals surface area contributed by atoms with Crippen molar-refractivity contribution in [3.8, 4) is 17.2 Å². The highest BCUT2D eigenvalue weighted by Crippen LogP contribution is 2.38. The first-order valence-corrected chi connectivity index (χ1v) is 10.5. The summed E-state index contributed by atoms with van der Waals surface area (Å²) in [7, 11) is 4.43. The van der Waals surface area contributed by atoms with Gasteiger partial charge >= 0.3 is 6.09 Å². The van der Waals surface area contributed by atoms with Gasteiger partial charge in [-0.15, -0.1) is 0 Å². The van der Waals surface area contributed by atoms with Gasteiger partial charge in [-0.3, -0.25) is 9.59 Å². The maximum Gasteiger partial charge on any atom is 0.407 e. The third-order valence-corrected chi connectivity index (χ3v) is 4.37. The van der Waals surface area contributed by atoms with Crippen molar-refractivity contribution in [2.24, 2.45) is 0 Å². The van der Waals surface area contributed by atoms with E-state index in [1.165, 1.54) is 21.3 Å². The number of methoxy groups -OCH3 is 3. The van der Waals surface area contributed by atoms with Crippen molar-refractivity contribution in [2.75, 3.05) is 38.5 Å². The largest absolute Gasteiger partial charge is 0.493 e. The molecule has 0 radical (unpaired) electrons. The standard InChI is InChI=1S/C24H31N3O7/c1-24(2,3)34-23(30)25-12-11-20(28)26-16-7-9-17(10-8-16)27-22(29)15-13-18(31-4)21(33-6)19(14-15)32-5/h7-10,13-14H,11-12H2,1-6H3,(H,25,30)(H,26,28)(H,27,29). The normalized spacial score (nSPS) is 10.6. The molecule has 0 atom stereocenters. The molecule has 0 saturated heterocycles. The first-order chi connectivity index (χ1) is 16.1. The van der Waals surface area contributed by atoms with Crippen LogP contribution in [-0.4, -0.2) is 51.4 Å². The quantitative estimate of drug-likeness (QED) is 0.506. The van der Waals surface area contributed by atoms with E-state index in [1.54, 1.807) is 57.2 Å². The van der Waals surface area contributed by atoms with Gasteiger partial charge in [0.1, 0.15) is 5.60 Å². The summed E-state index contributed by atoms with van der Waals surface area (Å²) in [6.07, 6.45) is -0.494. The maximum absolute atomic E-state index is 12.7. The van der Waals surface area contributed by atoms with Gasteiger partial charge in [0.05, 0.1) is 21.3 Å². The highest BCUT2D eigenvalue weighted by atomic mass is 16.6. The van der Waals surface area contributed by atoms with Crippen LogP contribution in [0.4, 0.5) is 16.2 Å². The number of alkyl carbamates (subject to hydrolysis) is 1. The molecule has 0 heterocycles. The second-order valence-electron chi connectivity index (χ2n) is 8.17. The third-order valence-electron chi connectivity index (χ3n) is 4.37. The van der Waals surface area contributed by atoms with Crippen LogP contribution in [0.2, 0.25) is 0 Å². The predicted molar refractivity (Wildman–Crippen MR) is 128 cm³/mol. The van der Waals surface area contributed by atoms with E-state index in [4.69, 9.17) is 18.9 Å². The van der Waals surface area contributed by atoms with E-state index in [0.29, 0.717) is 34.2 Å². The van der Waals surface area contributed by atoms with Crippen molar-refractivity contribution in [1.29, 1.82) is 0 Å². The molecular weight excluding hydrogens is 442 g/mol. The summed E-state index contributed by atoms with van der Waals surface area (Å²) >= 11 is 0. The number of hydrogen-bond acceptors (Lipinski definition) is 7. The predicted octanol–water partition coefficient (Wildman–Crippen LogP) is 3.82. The van der Waals surface area contributed by atoms with Gasteiger partial charge in [0.2, 0.25) is 11.7 Å². The Hall–Kier alpha value is -3.95. The molecule has 0 aliphatic rings. The van der Waals surface area contributed by atoms with Crippen LogP contribution in [0.15, 0.2) is 36.4 Å². The smallest absolute Gasteiger partial charge is 0.407 e. The highest BCUT2D eigenvalue weighted by molar-refractivity contribution is 6.05. The monoisotopic (exact) mass is 473 g/mol. The summed E-state index contributed by atoms with van der Waals surface area (Å²) in [6, 6.07) is 9.73. The average Bonchev–Trinajstić information content (AvgIpc) is 2.77. The number of rotatable bonds is 9. The molecule has 10 nitrogen and oxygen atoms in total. The summed E-state index contributed by atoms with van der Waals surface area (Å²) in [6.45, 7) is 5.42. The second kappa shape index (κ2) is 11.8. The van der Waals surface area contributed by atoms with Crippen LogP contribution in [0, 0.1) is 0 Å². The van der Waals surface area contributed by atoms with Crippen LogP contribution >= 0.6 is 0 Å². The van der Waals surface area contributed by atoms with Gasteiger partial charge in [0, 0.05) is 29.9 Å². The SMILES string of the molecule is COc1cc(C(=O)Nc2ccc(NC(=O)CCNC(=O)OC(C)(C)C)cc2)cc(OC)c1OC. The highest BCUT2D eigenvalue weighted by Gasteiger charge is 2.18. The molecule has 0 aromatic heterocycles. The number of hydrogen-bond donors (Lipinski definition) is 3. The Bertz CT molecular complexity index is 989. The number of anilines is 2. The fourth-order valence-electron chi connectivity index (χ4n) is 2.87. The lowest BCUT2D eigenvalue weighted by atomic mass is 10.1. The van der Waals surface area contributed by atoms with Gasteiger partial charge in [-0.2, -0.15) is 0 Å². The molecule has 0 aliphatic carbocycles. The number of amides is 3. The summed E-state index contributed by atoms with van der Waals surface area (Å²) < 4.78 is 20.9. The van der Waals surface area contributed by atoms with Crippen molar-refractivity contribution < 1.29 is 33.3 Å². The Morgan fingerprint density at radius 2 is 1.35 bits per heavy atom. The molecule has 3 N–H and O–H groups in total. The van der Waals surface area contributed by atoms with Crippen LogP contribution in [0.3, 0.4) is 0 Å². The molecule has 2 aromatic rings. The van der Waals surface area contributed by atoms with E-state index < -0.39 is 11.7 Å². The summed E-state index contributed by atoms with van der Waals surface area (Å²) in [5.74, 6) is 0.481. The lowest BCUT2D eigenvalue weighted by Gasteiger charge is -2.19. The van der Waals surface area contributed by atoms with Gasteiger partial charge in [-0.25, -0.2) is 4.79 Å². The molecule has 0 bridgehead atoms. The van der Waals surface area contributed by atoms with Crippen molar-refractivity contribution in [3.63, 3.8) is 0 Å². The van der Waals surface area contributed by atoms with E-state index in [9.17, 15) is 14.4 Å². The molecule has 0 aliphatic heterocycles. The minimum atomic E-state index is -0.602. The summed E-state index contributed by atoms with van der Waals surface area (Å²) in [5, 5.41) is 8.04. The van der Waals surface area contributed by atoms with Gasteiger partial charge in [-0.05, 0) is 57.2 Å². The third kappa shape index (κ3) is 7.88. The minimum Gasteiger partial charge on any atom is -0.493 e. The Balaban J connectivity index is 1.92. The van der Waals surface area contributed by atoms with Gasteiger partial charge in [0.25, 0.3) is 5.91 Å². The summed E-state index contributed by atoms with van der Waals surface area (Å²) in [5.41, 5.74) is 0.801. The molecule has 10 heteroatoms. The summed E-state index contributed by atoms with van der Waals surface area (Å²) in [4.78, 5) is 36.4. The molecule has 0 unspecified atom stereocenters. The van der Waals surface area contributed by atoms with Crippen LogP contribution < -0.4 is 30.2 Å². The Labute approximate surface area is 198 Å². The number of ether oxygens (including phenoxy) is 4. The lowest BCUT2D eigenvalue weighted by molar-refractivity contribution is -0.116. The van der Waals surface area contributed by atoms with Crippen LogP contribution in [0.5, 0.6) is 17.2 Å². The molecule has 3 amide bonds. The van der Waals surface area contributed by atoms with Gasteiger partial charge < -0.3 is 34.9 Å². The fraction of sp³-hybridized carbons (Fsp3) is 0.375. The van der Waals surface area contributed by atoms with Gasteiger partial charge in [0.15, 0.2) is 11.5 Å². The van der Waals surface area contributed by atoms with Crippen molar-refractivity contribution in [2.45, 2.75) is 32.8 Å². The lowest BCUT2D eigenvalue weighted by Crippen LogP contribution is -2.34. The number of benzene rings is 2. The Morgan fingerprint density at radius 3 is 1.82 bits per heavy atom. The van der Waals surface area contributed by atoms with E-state index in [0.717, 1.165) is 0 Å². The number of carbonyl (C=O) groups is 3. The molecule has 2 aromatic carbocycles. The van der Waals surface area contributed by atoms with Crippen LogP contribution in [0.25, 0.3) is 0 Å². The number of carbonyl (C=O) groups excluding carboxylic acids is 3.